The van der Waals surface area contributed by atoms with Crippen molar-refractivity contribution < 1.29 is 14.3 Å². The van der Waals surface area contributed by atoms with E-state index >= 15 is 0 Å². The Labute approximate surface area is 114 Å². The molecule has 98 valence electrons. The van der Waals surface area contributed by atoms with Crippen molar-refractivity contribution in [1.82, 2.24) is 0 Å². The Kier molecular flexibility index (Phi) is 3.71. The van der Waals surface area contributed by atoms with Crippen molar-refractivity contribution in [2.75, 3.05) is 5.32 Å². The van der Waals surface area contributed by atoms with Crippen LogP contribution in [0.5, 0.6) is 5.75 Å². The monoisotopic (exact) mass is 279 g/mol. The van der Waals surface area contributed by atoms with Crippen LogP contribution in [0.2, 0.25) is 5.02 Å². The second kappa shape index (κ2) is 5.28. The van der Waals surface area contributed by atoms with Crippen LogP contribution >= 0.6 is 11.6 Å². The van der Waals surface area contributed by atoms with Crippen LogP contribution in [0.15, 0.2) is 36.4 Å². The minimum Gasteiger partial charge on any atom is -0.508 e. The van der Waals surface area contributed by atoms with Gasteiger partial charge in [-0.25, -0.2) is 4.39 Å². The normalized spacial score (nSPS) is 10.3. The molecule has 0 aromatic heterocycles. The fourth-order valence-electron chi connectivity index (χ4n) is 1.58. The highest BCUT2D eigenvalue weighted by Gasteiger charge is 2.10. The molecule has 0 aliphatic rings. The molecule has 2 N–H and O–H groups in total. The number of anilines is 1. The smallest absolute Gasteiger partial charge is 0.255 e. The Morgan fingerprint density at radius 1 is 1.26 bits per heavy atom. The maximum atomic E-state index is 13.5. The van der Waals surface area contributed by atoms with E-state index in [1.165, 1.54) is 30.3 Å². The predicted molar refractivity (Wildman–Crippen MR) is 72.2 cm³/mol. The van der Waals surface area contributed by atoms with E-state index in [1.54, 1.807) is 6.92 Å². The summed E-state index contributed by atoms with van der Waals surface area (Å²) in [6.07, 6.45) is 0. The molecular weight excluding hydrogens is 269 g/mol. The van der Waals surface area contributed by atoms with Crippen LogP contribution in [0.3, 0.4) is 0 Å². The van der Waals surface area contributed by atoms with Gasteiger partial charge < -0.3 is 10.4 Å². The third kappa shape index (κ3) is 3.03. The number of nitrogens with one attached hydrogen (secondary N) is 1. The van der Waals surface area contributed by atoms with E-state index in [9.17, 15) is 14.3 Å². The van der Waals surface area contributed by atoms with Gasteiger partial charge in [-0.2, -0.15) is 0 Å². The van der Waals surface area contributed by atoms with Crippen molar-refractivity contribution in [3.8, 4) is 5.75 Å². The van der Waals surface area contributed by atoms with Gasteiger partial charge in [-0.05, 0) is 48.9 Å². The minimum atomic E-state index is -0.601. The predicted octanol–water partition coefficient (Wildman–Crippen LogP) is 3.75. The number of aromatic hydroxyl groups is 1. The first-order valence-electron chi connectivity index (χ1n) is 5.53. The Bertz CT molecular complexity index is 643. The number of halogens is 2. The third-order valence-electron chi connectivity index (χ3n) is 2.64. The van der Waals surface area contributed by atoms with Crippen LogP contribution in [0.4, 0.5) is 10.1 Å². The van der Waals surface area contributed by atoms with E-state index in [0.717, 1.165) is 6.07 Å². The first-order chi connectivity index (χ1) is 8.97. The molecule has 2 aromatic rings. The summed E-state index contributed by atoms with van der Waals surface area (Å²) in [6.45, 7) is 1.68. The average Bonchev–Trinajstić information content (AvgIpc) is 2.36. The maximum absolute atomic E-state index is 13.5. The van der Waals surface area contributed by atoms with E-state index in [2.05, 4.69) is 5.32 Å². The lowest BCUT2D eigenvalue weighted by molar-refractivity contribution is 0.102. The van der Waals surface area contributed by atoms with Crippen LogP contribution in [0.25, 0.3) is 0 Å². The number of carbonyl (C=O) groups is 1. The summed E-state index contributed by atoms with van der Waals surface area (Å²) < 4.78 is 13.5. The fourth-order valence-corrected chi connectivity index (χ4v) is 1.74. The van der Waals surface area contributed by atoms with Crippen molar-refractivity contribution in [3.05, 3.63) is 58.4 Å². The molecule has 0 atom stereocenters. The molecule has 3 nitrogen and oxygen atoms in total. The Hall–Kier alpha value is -2.07. The molecule has 0 aliphatic carbocycles. The fraction of sp³-hybridized carbons (Fsp3) is 0.0714. The number of benzene rings is 2. The number of hydrogen-bond donors (Lipinski definition) is 2. The van der Waals surface area contributed by atoms with Gasteiger partial charge in [0.25, 0.3) is 5.91 Å². The third-order valence-corrected chi connectivity index (χ3v) is 2.87. The minimum absolute atomic E-state index is 0.0557. The van der Waals surface area contributed by atoms with Crippen LogP contribution in [-0.2, 0) is 0 Å². The zero-order valence-electron chi connectivity index (χ0n) is 10.1. The second-order valence-electron chi connectivity index (χ2n) is 4.08. The highest BCUT2D eigenvalue weighted by molar-refractivity contribution is 6.30. The molecule has 0 saturated carbocycles. The first kappa shape index (κ1) is 13.4. The molecule has 2 aromatic carbocycles. The summed E-state index contributed by atoms with van der Waals surface area (Å²) in [5.74, 6) is -0.949. The van der Waals surface area contributed by atoms with Gasteiger partial charge in [-0.15, -0.1) is 0 Å². The SMILES string of the molecule is Cc1cc(C(=O)Nc2ccc(Cl)cc2F)ccc1O. The van der Waals surface area contributed by atoms with Crippen LogP contribution in [0, 0.1) is 12.7 Å². The number of phenolic OH excluding ortho intramolecular Hbond substituents is 1. The summed E-state index contributed by atoms with van der Waals surface area (Å²) in [6, 6.07) is 8.41. The maximum Gasteiger partial charge on any atom is 0.255 e. The molecule has 0 saturated heterocycles. The zero-order chi connectivity index (χ0) is 14.0. The van der Waals surface area contributed by atoms with Gasteiger partial charge in [0.05, 0.1) is 5.69 Å². The summed E-state index contributed by atoms with van der Waals surface area (Å²) in [5.41, 5.74) is 0.967. The van der Waals surface area contributed by atoms with Gasteiger partial charge in [0.2, 0.25) is 0 Å². The van der Waals surface area contributed by atoms with Gasteiger partial charge in [0.15, 0.2) is 0 Å². The Balaban J connectivity index is 2.23. The number of aryl methyl sites for hydroxylation is 1. The van der Waals surface area contributed by atoms with E-state index in [4.69, 9.17) is 11.6 Å². The van der Waals surface area contributed by atoms with Crippen molar-refractivity contribution in [3.63, 3.8) is 0 Å². The summed E-state index contributed by atoms with van der Waals surface area (Å²) in [7, 11) is 0. The molecular formula is C14H11ClFNO2. The first-order valence-corrected chi connectivity index (χ1v) is 5.91. The summed E-state index contributed by atoms with van der Waals surface area (Å²) >= 11 is 5.63. The standard InChI is InChI=1S/C14H11ClFNO2/c1-8-6-9(2-5-13(8)18)14(19)17-12-4-3-10(15)7-11(12)16/h2-7,18H,1H3,(H,17,19). The lowest BCUT2D eigenvalue weighted by Crippen LogP contribution is -2.13. The number of hydrogen-bond acceptors (Lipinski definition) is 2. The number of amides is 1. The number of rotatable bonds is 2. The van der Waals surface area contributed by atoms with Crippen molar-refractivity contribution in [2.24, 2.45) is 0 Å². The molecule has 0 aliphatic heterocycles. The molecule has 19 heavy (non-hydrogen) atoms. The average molecular weight is 280 g/mol. The molecule has 1 amide bonds. The lowest BCUT2D eigenvalue weighted by atomic mass is 10.1. The highest BCUT2D eigenvalue weighted by atomic mass is 35.5. The lowest BCUT2D eigenvalue weighted by Gasteiger charge is -2.08. The van der Waals surface area contributed by atoms with E-state index in [1.807, 2.05) is 0 Å². The molecule has 2 rings (SSSR count). The van der Waals surface area contributed by atoms with Gasteiger partial charge in [0.1, 0.15) is 11.6 Å². The Morgan fingerprint density at radius 3 is 2.63 bits per heavy atom. The van der Waals surface area contributed by atoms with Crippen LogP contribution < -0.4 is 5.32 Å². The van der Waals surface area contributed by atoms with E-state index in [-0.39, 0.29) is 16.5 Å². The second-order valence-corrected chi connectivity index (χ2v) is 4.52. The quantitative estimate of drug-likeness (QED) is 0.880. The number of phenols is 1. The van der Waals surface area contributed by atoms with E-state index < -0.39 is 11.7 Å². The van der Waals surface area contributed by atoms with Crippen molar-refractivity contribution >= 4 is 23.2 Å². The Morgan fingerprint density at radius 2 is 2.00 bits per heavy atom. The number of carbonyl (C=O) groups excluding carboxylic acids is 1. The molecule has 0 radical (unpaired) electrons. The molecule has 0 heterocycles. The molecule has 0 fully saturated rings. The highest BCUT2D eigenvalue weighted by Crippen LogP contribution is 2.21. The molecule has 0 spiro atoms. The van der Waals surface area contributed by atoms with Gasteiger partial charge in [-0.3, -0.25) is 4.79 Å². The van der Waals surface area contributed by atoms with Gasteiger partial charge in [-0.1, -0.05) is 11.6 Å². The summed E-state index contributed by atoms with van der Waals surface area (Å²) in [5, 5.41) is 12.1. The van der Waals surface area contributed by atoms with Crippen molar-refractivity contribution in [1.29, 1.82) is 0 Å². The molecule has 5 heteroatoms. The molecule has 0 unspecified atom stereocenters. The van der Waals surface area contributed by atoms with Crippen LogP contribution in [-0.4, -0.2) is 11.0 Å². The van der Waals surface area contributed by atoms with Gasteiger partial charge in [0, 0.05) is 10.6 Å². The van der Waals surface area contributed by atoms with E-state index in [0.29, 0.717) is 11.1 Å². The molecule has 0 bridgehead atoms. The topological polar surface area (TPSA) is 49.3 Å². The van der Waals surface area contributed by atoms with Gasteiger partial charge >= 0.3 is 0 Å². The zero-order valence-corrected chi connectivity index (χ0v) is 10.8. The summed E-state index contributed by atoms with van der Waals surface area (Å²) in [4.78, 5) is 11.9. The van der Waals surface area contributed by atoms with Crippen molar-refractivity contribution in [2.45, 2.75) is 6.92 Å². The largest absolute Gasteiger partial charge is 0.508 e. The van der Waals surface area contributed by atoms with Crippen LogP contribution in [0.1, 0.15) is 15.9 Å².